The van der Waals surface area contributed by atoms with E-state index in [2.05, 4.69) is 36.1 Å². The van der Waals surface area contributed by atoms with Crippen molar-refractivity contribution < 1.29 is 9.53 Å². The Morgan fingerprint density at radius 3 is 2.41 bits per heavy atom. The van der Waals surface area contributed by atoms with E-state index in [9.17, 15) is 4.79 Å². The zero-order valence-corrected chi connectivity index (χ0v) is 14.0. The molecule has 2 bridgehead atoms. The largest absolute Gasteiger partial charge is 0.444 e. The molecule has 2 aliphatic rings. The van der Waals surface area contributed by atoms with Crippen LogP contribution in [0.5, 0.6) is 0 Å². The number of rotatable bonds is 2. The van der Waals surface area contributed by atoms with Gasteiger partial charge in [0.2, 0.25) is 0 Å². The van der Waals surface area contributed by atoms with Crippen molar-refractivity contribution in [1.29, 1.82) is 0 Å². The van der Waals surface area contributed by atoms with Gasteiger partial charge < -0.3 is 9.64 Å². The minimum absolute atomic E-state index is 0.161. The molecule has 2 saturated heterocycles. The monoisotopic (exact) mass is 302 g/mol. The summed E-state index contributed by atoms with van der Waals surface area (Å²) >= 11 is 0. The number of carbonyl (C=O) groups is 1. The van der Waals surface area contributed by atoms with Crippen molar-refractivity contribution in [2.45, 2.75) is 51.9 Å². The van der Waals surface area contributed by atoms with Crippen molar-refractivity contribution in [3.8, 4) is 0 Å². The van der Waals surface area contributed by atoms with Gasteiger partial charge in [-0.1, -0.05) is 37.3 Å². The van der Waals surface area contributed by atoms with E-state index in [0.29, 0.717) is 12.0 Å². The first-order valence-electron chi connectivity index (χ1n) is 8.13. The number of ether oxygens (including phenoxy) is 1. The molecule has 120 valence electrons. The Labute approximate surface area is 133 Å². The van der Waals surface area contributed by atoms with E-state index in [-0.39, 0.29) is 12.1 Å². The van der Waals surface area contributed by atoms with Crippen LogP contribution in [0.15, 0.2) is 30.3 Å². The zero-order chi connectivity index (χ0) is 15.9. The Balaban J connectivity index is 1.64. The smallest absolute Gasteiger partial charge is 0.410 e. The number of fused-ring (bicyclic) bond motifs is 2. The van der Waals surface area contributed by atoms with Crippen LogP contribution in [0, 0.1) is 5.92 Å². The maximum atomic E-state index is 12.3. The van der Waals surface area contributed by atoms with Gasteiger partial charge in [-0.15, -0.1) is 0 Å². The fourth-order valence-electron chi connectivity index (χ4n) is 3.66. The molecule has 0 unspecified atom stereocenters. The molecular weight excluding hydrogens is 276 g/mol. The maximum Gasteiger partial charge on any atom is 0.410 e. The number of nitrogens with zero attached hydrogens (tertiary/aromatic N) is 2. The van der Waals surface area contributed by atoms with Gasteiger partial charge >= 0.3 is 6.09 Å². The number of hydrogen-bond acceptors (Lipinski definition) is 3. The molecule has 2 aliphatic heterocycles. The van der Waals surface area contributed by atoms with Crippen LogP contribution in [0.25, 0.3) is 0 Å². The first-order valence-corrected chi connectivity index (χ1v) is 8.13. The first-order chi connectivity index (χ1) is 10.3. The molecule has 0 saturated carbocycles. The number of hydrogen-bond donors (Lipinski definition) is 0. The third-order valence-electron chi connectivity index (χ3n) is 4.75. The Morgan fingerprint density at radius 2 is 1.86 bits per heavy atom. The minimum Gasteiger partial charge on any atom is -0.444 e. The second-order valence-electron chi connectivity index (χ2n) is 7.54. The van der Waals surface area contributed by atoms with E-state index in [1.54, 1.807) is 0 Å². The Morgan fingerprint density at radius 1 is 1.18 bits per heavy atom. The van der Waals surface area contributed by atoms with Crippen LogP contribution in [0.4, 0.5) is 4.79 Å². The SMILES string of the molecule is C[C@@H]1[C@H]2CN(C(=O)OC(C)(C)C)[C@@H]1CN2Cc1ccccc1. The zero-order valence-electron chi connectivity index (χ0n) is 14.0. The molecule has 0 N–H and O–H groups in total. The van der Waals surface area contributed by atoms with Gasteiger partial charge in [0.15, 0.2) is 0 Å². The van der Waals surface area contributed by atoms with E-state index in [4.69, 9.17) is 4.74 Å². The summed E-state index contributed by atoms with van der Waals surface area (Å²) in [7, 11) is 0. The lowest BCUT2D eigenvalue weighted by molar-refractivity contribution is 0.0120. The molecule has 3 rings (SSSR count). The van der Waals surface area contributed by atoms with Gasteiger partial charge in [0.1, 0.15) is 5.60 Å². The van der Waals surface area contributed by atoms with Crippen molar-refractivity contribution in [2.24, 2.45) is 5.92 Å². The van der Waals surface area contributed by atoms with Gasteiger partial charge in [-0.2, -0.15) is 0 Å². The molecule has 1 aromatic rings. The van der Waals surface area contributed by atoms with Gasteiger partial charge in [0, 0.05) is 25.7 Å². The summed E-state index contributed by atoms with van der Waals surface area (Å²) in [6.45, 7) is 10.7. The fourth-order valence-corrected chi connectivity index (χ4v) is 3.66. The number of carbonyl (C=O) groups excluding carboxylic acids is 1. The van der Waals surface area contributed by atoms with Crippen molar-refractivity contribution >= 4 is 6.09 Å². The highest BCUT2D eigenvalue weighted by Crippen LogP contribution is 2.37. The summed E-state index contributed by atoms with van der Waals surface area (Å²) in [6, 6.07) is 11.3. The van der Waals surface area contributed by atoms with Crippen molar-refractivity contribution in [3.63, 3.8) is 0 Å². The number of benzene rings is 1. The molecular formula is C18H26N2O2. The van der Waals surface area contributed by atoms with Crippen LogP contribution in [-0.4, -0.2) is 46.7 Å². The lowest BCUT2D eigenvalue weighted by atomic mass is 10.0. The maximum absolute atomic E-state index is 12.3. The minimum atomic E-state index is -0.425. The molecule has 0 aliphatic carbocycles. The summed E-state index contributed by atoms with van der Waals surface area (Å²) in [5.74, 6) is 0.510. The number of likely N-dealkylation sites (tertiary alicyclic amines) is 2. The Kier molecular flexibility index (Phi) is 3.89. The molecule has 0 aromatic heterocycles. The predicted molar refractivity (Wildman–Crippen MR) is 86.5 cm³/mol. The van der Waals surface area contributed by atoms with E-state index in [1.165, 1.54) is 5.56 Å². The van der Waals surface area contributed by atoms with Gasteiger partial charge in [-0.25, -0.2) is 4.79 Å². The third kappa shape index (κ3) is 2.98. The van der Waals surface area contributed by atoms with Gasteiger partial charge in [0.05, 0.1) is 6.04 Å². The fraction of sp³-hybridized carbons (Fsp3) is 0.611. The molecule has 1 amide bonds. The summed E-state index contributed by atoms with van der Waals surface area (Å²) in [4.78, 5) is 16.8. The summed E-state index contributed by atoms with van der Waals surface area (Å²) in [5.41, 5.74) is 0.914. The quantitative estimate of drug-likeness (QED) is 0.841. The van der Waals surface area contributed by atoms with Crippen molar-refractivity contribution in [2.75, 3.05) is 13.1 Å². The average Bonchev–Trinajstić information content (AvgIpc) is 2.90. The molecule has 4 heteroatoms. The normalized spacial score (nSPS) is 28.2. The predicted octanol–water partition coefficient (Wildman–Crippen LogP) is 3.13. The van der Waals surface area contributed by atoms with Crippen LogP contribution in [0.2, 0.25) is 0 Å². The topological polar surface area (TPSA) is 32.8 Å². The third-order valence-corrected chi connectivity index (χ3v) is 4.75. The molecule has 2 fully saturated rings. The lowest BCUT2D eigenvalue weighted by Crippen LogP contribution is -2.49. The van der Waals surface area contributed by atoms with Crippen molar-refractivity contribution in [1.82, 2.24) is 9.80 Å². The van der Waals surface area contributed by atoms with Crippen LogP contribution in [0.3, 0.4) is 0 Å². The lowest BCUT2D eigenvalue weighted by Gasteiger charge is -2.35. The summed E-state index contributed by atoms with van der Waals surface area (Å²) < 4.78 is 5.54. The second-order valence-corrected chi connectivity index (χ2v) is 7.54. The standard InChI is InChI=1S/C18H26N2O2/c1-13-15-12-20(17(21)22-18(2,3)4)16(13)11-19(15)10-14-8-6-5-7-9-14/h5-9,13,15-16H,10-12H2,1-4H3/t13-,15-,16-/m1/s1. The number of amides is 1. The average molecular weight is 302 g/mol. The highest BCUT2D eigenvalue weighted by Gasteiger charge is 2.51. The van der Waals surface area contributed by atoms with E-state index in [0.717, 1.165) is 19.6 Å². The molecule has 4 nitrogen and oxygen atoms in total. The van der Waals surface area contributed by atoms with Gasteiger partial charge in [-0.3, -0.25) is 4.90 Å². The molecule has 22 heavy (non-hydrogen) atoms. The highest BCUT2D eigenvalue weighted by atomic mass is 16.6. The van der Waals surface area contributed by atoms with E-state index < -0.39 is 5.60 Å². The molecule has 0 radical (unpaired) electrons. The summed E-state index contributed by atoms with van der Waals surface area (Å²) in [6.07, 6.45) is -0.161. The second kappa shape index (κ2) is 5.58. The van der Waals surface area contributed by atoms with Crippen LogP contribution >= 0.6 is 0 Å². The highest BCUT2D eigenvalue weighted by molar-refractivity contribution is 5.69. The molecule has 0 spiro atoms. The van der Waals surface area contributed by atoms with Crippen LogP contribution in [0.1, 0.15) is 33.3 Å². The van der Waals surface area contributed by atoms with Gasteiger partial charge in [-0.05, 0) is 32.3 Å². The Hall–Kier alpha value is -1.55. The van der Waals surface area contributed by atoms with E-state index in [1.807, 2.05) is 31.7 Å². The van der Waals surface area contributed by atoms with E-state index >= 15 is 0 Å². The molecule has 2 heterocycles. The summed E-state index contributed by atoms with van der Waals surface area (Å²) in [5, 5.41) is 0. The van der Waals surface area contributed by atoms with Crippen LogP contribution in [-0.2, 0) is 11.3 Å². The number of piperazine rings is 1. The molecule has 3 atom stereocenters. The first kappa shape index (κ1) is 15.3. The van der Waals surface area contributed by atoms with Gasteiger partial charge in [0.25, 0.3) is 0 Å². The molecule has 1 aromatic carbocycles. The van der Waals surface area contributed by atoms with Crippen molar-refractivity contribution in [3.05, 3.63) is 35.9 Å². The van der Waals surface area contributed by atoms with Crippen LogP contribution < -0.4 is 0 Å². The Bertz CT molecular complexity index is 538.